The lowest BCUT2D eigenvalue weighted by Gasteiger charge is -2.36. The van der Waals surface area contributed by atoms with E-state index < -0.39 is 0 Å². The predicted octanol–water partition coefficient (Wildman–Crippen LogP) is 3.66. The number of H-pyrrole nitrogens is 1. The molecule has 1 aliphatic rings. The van der Waals surface area contributed by atoms with Crippen LogP contribution in [-0.2, 0) is 0 Å². The largest absolute Gasteiger partial charge is 0.497 e. The maximum Gasteiger partial charge on any atom is 0.272 e. The molecule has 6 heteroatoms. The van der Waals surface area contributed by atoms with Crippen LogP contribution in [0.1, 0.15) is 21.6 Å². The lowest BCUT2D eigenvalue weighted by Crippen LogP contribution is -2.49. The molecule has 1 amide bonds. The predicted molar refractivity (Wildman–Crippen MR) is 115 cm³/mol. The van der Waals surface area contributed by atoms with Gasteiger partial charge in [0.25, 0.3) is 5.91 Å². The second-order valence-electron chi connectivity index (χ2n) is 7.46. The van der Waals surface area contributed by atoms with Crippen molar-refractivity contribution < 1.29 is 9.53 Å². The number of anilines is 1. The Balaban J connectivity index is 1.41. The van der Waals surface area contributed by atoms with Crippen molar-refractivity contribution in [3.05, 3.63) is 65.4 Å². The van der Waals surface area contributed by atoms with Gasteiger partial charge in [0.15, 0.2) is 0 Å². The number of aromatic nitrogens is 2. The van der Waals surface area contributed by atoms with Crippen LogP contribution in [0.5, 0.6) is 5.75 Å². The molecule has 0 bridgehead atoms. The molecule has 0 spiro atoms. The number of carbonyl (C=O) groups excluding carboxylic acids is 1. The Hall–Kier alpha value is -3.28. The number of benzene rings is 2. The molecule has 150 valence electrons. The summed E-state index contributed by atoms with van der Waals surface area (Å²) < 4.78 is 5.19. The van der Waals surface area contributed by atoms with Gasteiger partial charge in [-0.2, -0.15) is 5.10 Å². The van der Waals surface area contributed by atoms with E-state index in [0.717, 1.165) is 30.1 Å². The molecule has 29 heavy (non-hydrogen) atoms. The van der Waals surface area contributed by atoms with Crippen molar-refractivity contribution in [2.24, 2.45) is 0 Å². The molecule has 1 N–H and O–H groups in total. The van der Waals surface area contributed by atoms with Crippen molar-refractivity contribution in [1.29, 1.82) is 0 Å². The molecular formula is C23H26N4O2. The number of methoxy groups -OCH3 is 1. The number of piperazine rings is 1. The smallest absolute Gasteiger partial charge is 0.272 e. The number of carbonyl (C=O) groups is 1. The highest BCUT2D eigenvalue weighted by atomic mass is 16.5. The second-order valence-corrected chi connectivity index (χ2v) is 7.46. The summed E-state index contributed by atoms with van der Waals surface area (Å²) in [5.41, 5.74) is 6.03. The summed E-state index contributed by atoms with van der Waals surface area (Å²) in [6, 6.07) is 16.0. The average Bonchev–Trinajstić information content (AvgIpc) is 3.24. The fourth-order valence-corrected chi connectivity index (χ4v) is 3.82. The minimum Gasteiger partial charge on any atom is -0.497 e. The number of hydrogen-bond acceptors (Lipinski definition) is 4. The van der Waals surface area contributed by atoms with Gasteiger partial charge in [-0.05, 0) is 55.8 Å². The van der Waals surface area contributed by atoms with Gasteiger partial charge < -0.3 is 14.5 Å². The fraction of sp³-hybridized carbons (Fsp3) is 0.304. The average molecular weight is 390 g/mol. The topological polar surface area (TPSA) is 61.5 Å². The fourth-order valence-electron chi connectivity index (χ4n) is 3.82. The Morgan fingerprint density at radius 2 is 1.72 bits per heavy atom. The summed E-state index contributed by atoms with van der Waals surface area (Å²) >= 11 is 0. The molecule has 3 aromatic rings. The highest BCUT2D eigenvalue weighted by Crippen LogP contribution is 2.24. The van der Waals surface area contributed by atoms with E-state index in [1.807, 2.05) is 35.2 Å². The van der Waals surface area contributed by atoms with Crippen LogP contribution in [0.25, 0.3) is 11.3 Å². The van der Waals surface area contributed by atoms with Gasteiger partial charge in [-0.25, -0.2) is 0 Å². The molecule has 1 fully saturated rings. The zero-order valence-electron chi connectivity index (χ0n) is 17.1. The molecule has 1 aromatic heterocycles. The van der Waals surface area contributed by atoms with E-state index in [4.69, 9.17) is 4.74 Å². The number of aromatic amines is 1. The molecular weight excluding hydrogens is 364 g/mol. The van der Waals surface area contributed by atoms with Crippen LogP contribution in [-0.4, -0.2) is 54.3 Å². The number of nitrogens with zero attached hydrogens (tertiary/aromatic N) is 3. The monoisotopic (exact) mass is 390 g/mol. The molecule has 0 atom stereocenters. The second kappa shape index (κ2) is 7.99. The maximum absolute atomic E-state index is 12.9. The van der Waals surface area contributed by atoms with E-state index in [1.54, 1.807) is 7.11 Å². The number of nitrogens with one attached hydrogen (secondary N) is 1. The molecule has 0 saturated carbocycles. The third-order valence-electron chi connectivity index (χ3n) is 5.45. The molecule has 1 aliphatic heterocycles. The van der Waals surface area contributed by atoms with Crippen molar-refractivity contribution in [2.45, 2.75) is 13.8 Å². The molecule has 0 unspecified atom stereocenters. The van der Waals surface area contributed by atoms with Crippen molar-refractivity contribution in [3.8, 4) is 17.0 Å². The van der Waals surface area contributed by atoms with Gasteiger partial charge in [0.2, 0.25) is 0 Å². The standard InChI is InChI=1S/C23H26N4O2/c1-16-4-9-22(17(2)14-16)26-10-12-27(13-11-26)23(28)21-15-20(24-25-21)18-5-7-19(29-3)8-6-18/h4-9,14-15H,10-13H2,1-3H3,(H,24,25). The molecule has 2 aromatic carbocycles. The van der Waals surface area contributed by atoms with E-state index in [-0.39, 0.29) is 5.91 Å². The zero-order chi connectivity index (χ0) is 20.4. The Labute approximate surface area is 171 Å². The Bertz CT molecular complexity index is 1000. The summed E-state index contributed by atoms with van der Waals surface area (Å²) in [7, 11) is 1.64. The van der Waals surface area contributed by atoms with Crippen molar-refractivity contribution in [1.82, 2.24) is 15.1 Å². The van der Waals surface area contributed by atoms with Crippen molar-refractivity contribution >= 4 is 11.6 Å². The maximum atomic E-state index is 12.9. The molecule has 4 rings (SSSR count). The first-order valence-electron chi connectivity index (χ1n) is 9.86. The van der Waals surface area contributed by atoms with E-state index >= 15 is 0 Å². The minimum absolute atomic E-state index is 0.00228. The number of aryl methyl sites for hydroxylation is 2. The van der Waals surface area contributed by atoms with Crippen LogP contribution in [0.3, 0.4) is 0 Å². The van der Waals surface area contributed by atoms with E-state index in [0.29, 0.717) is 18.8 Å². The SMILES string of the molecule is COc1ccc(-c2cc(C(=O)N3CCN(c4ccc(C)cc4C)CC3)[nH]n2)cc1. The summed E-state index contributed by atoms with van der Waals surface area (Å²) in [5.74, 6) is 0.791. The molecule has 6 nitrogen and oxygen atoms in total. The third kappa shape index (κ3) is 3.97. The van der Waals surface area contributed by atoms with Crippen molar-refractivity contribution in [2.75, 3.05) is 38.2 Å². The number of amides is 1. The minimum atomic E-state index is -0.00228. The first-order valence-corrected chi connectivity index (χ1v) is 9.86. The number of rotatable bonds is 4. The van der Waals surface area contributed by atoms with Crippen LogP contribution >= 0.6 is 0 Å². The van der Waals surface area contributed by atoms with Crippen molar-refractivity contribution in [3.63, 3.8) is 0 Å². The summed E-state index contributed by atoms with van der Waals surface area (Å²) in [6.07, 6.45) is 0. The number of ether oxygens (including phenoxy) is 1. The Morgan fingerprint density at radius 3 is 2.38 bits per heavy atom. The molecule has 2 heterocycles. The lowest BCUT2D eigenvalue weighted by molar-refractivity contribution is 0.0741. The first-order chi connectivity index (χ1) is 14.0. The van der Waals surface area contributed by atoms with Crippen LogP contribution in [0.15, 0.2) is 48.5 Å². The van der Waals surface area contributed by atoms with Gasteiger partial charge in [-0.1, -0.05) is 17.7 Å². The summed E-state index contributed by atoms with van der Waals surface area (Å²) in [5, 5.41) is 7.22. The van der Waals surface area contributed by atoms with Gasteiger partial charge in [0.05, 0.1) is 12.8 Å². The van der Waals surface area contributed by atoms with Crippen LogP contribution in [0, 0.1) is 13.8 Å². The molecule has 0 aliphatic carbocycles. The normalized spacial score (nSPS) is 14.2. The lowest BCUT2D eigenvalue weighted by atomic mass is 10.1. The Kier molecular flexibility index (Phi) is 5.25. The zero-order valence-corrected chi connectivity index (χ0v) is 17.1. The van der Waals surface area contributed by atoms with Gasteiger partial charge in [-0.3, -0.25) is 9.89 Å². The first kappa shape index (κ1) is 19.1. The highest BCUT2D eigenvalue weighted by molar-refractivity contribution is 5.93. The number of hydrogen-bond donors (Lipinski definition) is 1. The molecule has 0 radical (unpaired) electrons. The van der Waals surface area contributed by atoms with Gasteiger partial charge in [0, 0.05) is 37.4 Å². The van der Waals surface area contributed by atoms with E-state index in [2.05, 4.69) is 47.1 Å². The molecule has 1 saturated heterocycles. The Morgan fingerprint density at radius 1 is 1.00 bits per heavy atom. The quantitative estimate of drug-likeness (QED) is 0.738. The van der Waals surface area contributed by atoms with Gasteiger partial charge >= 0.3 is 0 Å². The van der Waals surface area contributed by atoms with Gasteiger partial charge in [-0.15, -0.1) is 0 Å². The van der Waals surface area contributed by atoms with E-state index in [9.17, 15) is 4.79 Å². The highest BCUT2D eigenvalue weighted by Gasteiger charge is 2.24. The summed E-state index contributed by atoms with van der Waals surface area (Å²) in [6.45, 7) is 7.31. The summed E-state index contributed by atoms with van der Waals surface area (Å²) in [4.78, 5) is 17.2. The van der Waals surface area contributed by atoms with E-state index in [1.165, 1.54) is 16.8 Å². The van der Waals surface area contributed by atoms with Crippen LogP contribution in [0.2, 0.25) is 0 Å². The van der Waals surface area contributed by atoms with Crippen LogP contribution in [0.4, 0.5) is 5.69 Å². The van der Waals surface area contributed by atoms with Crippen LogP contribution < -0.4 is 9.64 Å². The van der Waals surface area contributed by atoms with Gasteiger partial charge in [0.1, 0.15) is 11.4 Å². The third-order valence-corrected chi connectivity index (χ3v) is 5.45.